The second-order valence-corrected chi connectivity index (χ2v) is 5.85. The van der Waals surface area contributed by atoms with Crippen LogP contribution in [-0.4, -0.2) is 13.2 Å². The van der Waals surface area contributed by atoms with Crippen molar-refractivity contribution in [2.24, 2.45) is 17.2 Å². The lowest BCUT2D eigenvalue weighted by atomic mass is 9.97. The maximum Gasteiger partial charge on any atom is 0.161 e. The molecule has 0 spiro atoms. The van der Waals surface area contributed by atoms with E-state index in [1.807, 2.05) is 12.1 Å². The van der Waals surface area contributed by atoms with E-state index in [2.05, 4.69) is 25.3 Å². The SMILES string of the molecule is CC1(C)CC1C(NN)c1ccc2c(c1)OCCO2. The Bertz CT molecular complexity index is 459. The Morgan fingerprint density at radius 1 is 1.28 bits per heavy atom. The first-order valence-electron chi connectivity index (χ1n) is 6.47. The lowest BCUT2D eigenvalue weighted by molar-refractivity contribution is 0.171. The first-order valence-corrected chi connectivity index (χ1v) is 6.47. The Labute approximate surface area is 107 Å². The molecule has 98 valence electrons. The minimum absolute atomic E-state index is 0.191. The van der Waals surface area contributed by atoms with Crippen molar-refractivity contribution < 1.29 is 9.47 Å². The van der Waals surface area contributed by atoms with Crippen molar-refractivity contribution in [1.29, 1.82) is 0 Å². The summed E-state index contributed by atoms with van der Waals surface area (Å²) in [5.74, 6) is 7.97. The molecule has 18 heavy (non-hydrogen) atoms. The number of hydrogen-bond donors (Lipinski definition) is 2. The number of benzene rings is 1. The highest BCUT2D eigenvalue weighted by atomic mass is 16.6. The number of rotatable bonds is 3. The number of ether oxygens (including phenoxy) is 2. The van der Waals surface area contributed by atoms with Gasteiger partial charge in [0.25, 0.3) is 0 Å². The van der Waals surface area contributed by atoms with Crippen LogP contribution in [-0.2, 0) is 0 Å². The minimum Gasteiger partial charge on any atom is -0.486 e. The maximum absolute atomic E-state index is 5.72. The average Bonchev–Trinajstić information content (AvgIpc) is 2.99. The molecule has 2 atom stereocenters. The molecule has 3 rings (SSSR count). The Morgan fingerprint density at radius 2 is 1.94 bits per heavy atom. The van der Waals surface area contributed by atoms with E-state index in [9.17, 15) is 0 Å². The molecule has 4 nitrogen and oxygen atoms in total. The van der Waals surface area contributed by atoms with Crippen LogP contribution < -0.4 is 20.7 Å². The number of hydrazine groups is 1. The fraction of sp³-hybridized carbons (Fsp3) is 0.571. The first kappa shape index (κ1) is 11.8. The topological polar surface area (TPSA) is 56.5 Å². The summed E-state index contributed by atoms with van der Waals surface area (Å²) in [6, 6.07) is 6.29. The summed E-state index contributed by atoms with van der Waals surface area (Å²) in [4.78, 5) is 0. The predicted molar refractivity (Wildman–Crippen MR) is 69.4 cm³/mol. The standard InChI is InChI=1S/C14H20N2O2/c1-14(2)8-10(14)13(16-15)9-3-4-11-12(7-9)18-6-5-17-11/h3-4,7,10,13,16H,5-6,8,15H2,1-2H3. The molecule has 2 unspecified atom stereocenters. The van der Waals surface area contributed by atoms with Gasteiger partial charge < -0.3 is 9.47 Å². The zero-order valence-corrected chi connectivity index (χ0v) is 10.9. The van der Waals surface area contributed by atoms with Gasteiger partial charge >= 0.3 is 0 Å². The average molecular weight is 248 g/mol. The third-order valence-corrected chi connectivity index (χ3v) is 4.10. The first-order chi connectivity index (χ1) is 8.62. The summed E-state index contributed by atoms with van der Waals surface area (Å²) in [6.45, 7) is 5.80. The van der Waals surface area contributed by atoms with Crippen molar-refractivity contribution in [1.82, 2.24) is 5.43 Å². The quantitative estimate of drug-likeness (QED) is 0.634. The van der Waals surface area contributed by atoms with Gasteiger partial charge in [0.15, 0.2) is 11.5 Å². The van der Waals surface area contributed by atoms with Crippen LogP contribution in [0.3, 0.4) is 0 Å². The molecule has 1 saturated carbocycles. The van der Waals surface area contributed by atoms with Crippen LogP contribution in [0.15, 0.2) is 18.2 Å². The van der Waals surface area contributed by atoms with E-state index in [1.54, 1.807) is 0 Å². The van der Waals surface area contributed by atoms with E-state index in [4.69, 9.17) is 15.3 Å². The number of hydrogen-bond acceptors (Lipinski definition) is 4. The second kappa shape index (κ2) is 4.14. The van der Waals surface area contributed by atoms with Crippen LogP contribution in [0.1, 0.15) is 31.9 Å². The summed E-state index contributed by atoms with van der Waals surface area (Å²) >= 11 is 0. The maximum atomic E-state index is 5.72. The van der Waals surface area contributed by atoms with E-state index in [0.29, 0.717) is 24.5 Å². The van der Waals surface area contributed by atoms with Gasteiger partial charge in [0.2, 0.25) is 0 Å². The molecule has 1 aromatic carbocycles. The molecule has 0 bridgehead atoms. The molecule has 0 amide bonds. The molecular formula is C14H20N2O2. The second-order valence-electron chi connectivity index (χ2n) is 5.85. The summed E-state index contributed by atoms with van der Waals surface area (Å²) in [5, 5.41) is 0. The highest BCUT2D eigenvalue weighted by Crippen LogP contribution is 2.57. The van der Waals surface area contributed by atoms with Gasteiger partial charge in [-0.3, -0.25) is 11.3 Å². The van der Waals surface area contributed by atoms with Crippen molar-refractivity contribution in [2.75, 3.05) is 13.2 Å². The van der Waals surface area contributed by atoms with Crippen molar-refractivity contribution in [3.05, 3.63) is 23.8 Å². The lowest BCUT2D eigenvalue weighted by Gasteiger charge is -2.22. The fourth-order valence-corrected chi connectivity index (χ4v) is 2.77. The molecule has 1 aliphatic heterocycles. The van der Waals surface area contributed by atoms with Crippen LogP contribution in [0, 0.1) is 11.3 Å². The Morgan fingerprint density at radius 3 is 2.56 bits per heavy atom. The van der Waals surface area contributed by atoms with Crippen molar-refractivity contribution >= 4 is 0 Å². The number of nitrogens with one attached hydrogen (secondary N) is 1. The van der Waals surface area contributed by atoms with Crippen molar-refractivity contribution in [3.8, 4) is 11.5 Å². The van der Waals surface area contributed by atoms with E-state index in [-0.39, 0.29) is 6.04 Å². The molecule has 1 aromatic rings. The molecule has 0 radical (unpaired) electrons. The van der Waals surface area contributed by atoms with Crippen LogP contribution in [0.25, 0.3) is 0 Å². The summed E-state index contributed by atoms with van der Waals surface area (Å²) in [6.07, 6.45) is 1.20. The van der Waals surface area contributed by atoms with E-state index >= 15 is 0 Å². The predicted octanol–water partition coefficient (Wildman–Crippen LogP) is 2.01. The molecule has 4 heteroatoms. The highest BCUT2D eigenvalue weighted by molar-refractivity contribution is 5.45. The van der Waals surface area contributed by atoms with Gasteiger partial charge in [0.1, 0.15) is 13.2 Å². The molecule has 3 N–H and O–H groups in total. The summed E-state index contributed by atoms with van der Waals surface area (Å²) in [5.41, 5.74) is 4.50. The number of nitrogens with two attached hydrogens (primary N) is 1. The minimum atomic E-state index is 0.191. The molecule has 1 heterocycles. The van der Waals surface area contributed by atoms with Crippen LogP contribution in [0.2, 0.25) is 0 Å². The molecule has 0 saturated heterocycles. The monoisotopic (exact) mass is 248 g/mol. The zero-order valence-electron chi connectivity index (χ0n) is 10.9. The van der Waals surface area contributed by atoms with Gasteiger partial charge in [0.05, 0.1) is 0 Å². The third-order valence-electron chi connectivity index (χ3n) is 4.10. The van der Waals surface area contributed by atoms with Gasteiger partial charge in [-0.05, 0) is 35.4 Å². The van der Waals surface area contributed by atoms with Crippen molar-refractivity contribution in [3.63, 3.8) is 0 Å². The van der Waals surface area contributed by atoms with Gasteiger partial charge in [-0.25, -0.2) is 0 Å². The zero-order chi connectivity index (χ0) is 12.8. The molecular weight excluding hydrogens is 228 g/mol. The van der Waals surface area contributed by atoms with Gasteiger partial charge in [-0.1, -0.05) is 19.9 Å². The molecule has 1 aliphatic carbocycles. The Balaban J connectivity index is 1.87. The van der Waals surface area contributed by atoms with E-state index in [0.717, 1.165) is 11.5 Å². The fourth-order valence-electron chi connectivity index (χ4n) is 2.77. The molecule has 2 aliphatic rings. The van der Waals surface area contributed by atoms with E-state index in [1.165, 1.54) is 12.0 Å². The summed E-state index contributed by atoms with van der Waals surface area (Å²) < 4.78 is 11.1. The van der Waals surface area contributed by atoms with Gasteiger partial charge in [-0.15, -0.1) is 0 Å². The van der Waals surface area contributed by atoms with Gasteiger partial charge in [-0.2, -0.15) is 0 Å². The lowest BCUT2D eigenvalue weighted by Crippen LogP contribution is -2.30. The van der Waals surface area contributed by atoms with Crippen LogP contribution in [0.5, 0.6) is 11.5 Å². The third kappa shape index (κ3) is 1.95. The van der Waals surface area contributed by atoms with Crippen LogP contribution in [0.4, 0.5) is 0 Å². The smallest absolute Gasteiger partial charge is 0.161 e. The Hall–Kier alpha value is -1.26. The van der Waals surface area contributed by atoms with E-state index < -0.39 is 0 Å². The normalized spacial score (nSPS) is 25.6. The Kier molecular flexibility index (Phi) is 2.72. The molecule has 0 aromatic heterocycles. The highest BCUT2D eigenvalue weighted by Gasteiger charge is 2.50. The number of fused-ring (bicyclic) bond motifs is 1. The molecule has 1 fully saturated rings. The largest absolute Gasteiger partial charge is 0.486 e. The summed E-state index contributed by atoms with van der Waals surface area (Å²) in [7, 11) is 0. The van der Waals surface area contributed by atoms with Crippen LogP contribution >= 0.6 is 0 Å². The van der Waals surface area contributed by atoms with Crippen molar-refractivity contribution in [2.45, 2.75) is 26.3 Å². The van der Waals surface area contributed by atoms with Gasteiger partial charge in [0, 0.05) is 6.04 Å².